The van der Waals surface area contributed by atoms with Gasteiger partial charge in [0.15, 0.2) is 5.76 Å². The van der Waals surface area contributed by atoms with Gasteiger partial charge in [0.2, 0.25) is 8.32 Å². The molecule has 0 radical (unpaired) electrons. The zero-order valence-corrected chi connectivity index (χ0v) is 14.8. The first-order chi connectivity index (χ1) is 11.0. The number of hydrogen-bond donors (Lipinski definition) is 0. The lowest BCUT2D eigenvalue weighted by Gasteiger charge is -2.22. The second kappa shape index (κ2) is 7.69. The molecule has 2 rings (SSSR count). The second-order valence-corrected chi connectivity index (χ2v) is 10.3. The van der Waals surface area contributed by atoms with Crippen LogP contribution in [0, 0.1) is 0 Å². The molecule has 0 fully saturated rings. The first-order valence-corrected chi connectivity index (χ1v) is 10.9. The minimum atomic E-state index is -1.83. The number of para-hydroxylation sites is 2. The number of ether oxygens (including phenoxy) is 2. The summed E-state index contributed by atoms with van der Waals surface area (Å²) < 4.78 is 17.8. The Balaban J connectivity index is 2.34. The van der Waals surface area contributed by atoms with Gasteiger partial charge >= 0.3 is 5.95 Å². The van der Waals surface area contributed by atoms with Crippen molar-refractivity contribution in [2.75, 3.05) is 0 Å². The van der Waals surface area contributed by atoms with Crippen LogP contribution in [-0.2, 0) is 4.43 Å². The van der Waals surface area contributed by atoms with Crippen molar-refractivity contribution in [3.63, 3.8) is 0 Å². The van der Waals surface area contributed by atoms with Crippen LogP contribution in [0.25, 0.3) is 0 Å². The molecule has 0 saturated heterocycles. The second-order valence-electron chi connectivity index (χ2n) is 5.90. The molecule has 0 heterocycles. The predicted octanol–water partition coefficient (Wildman–Crippen LogP) is 5.35. The minimum absolute atomic E-state index is 0.292. The summed E-state index contributed by atoms with van der Waals surface area (Å²) in [7, 11) is -1.83. The molecule has 0 unspecified atom stereocenters. The lowest BCUT2D eigenvalue weighted by Crippen LogP contribution is -2.26. The Bertz CT molecular complexity index is 615. The van der Waals surface area contributed by atoms with E-state index < -0.39 is 8.32 Å². The van der Waals surface area contributed by atoms with Crippen LogP contribution in [0.3, 0.4) is 0 Å². The summed E-state index contributed by atoms with van der Waals surface area (Å²) in [5.74, 6) is 2.16. The van der Waals surface area contributed by atoms with E-state index in [1.54, 1.807) is 6.08 Å². The number of allylic oxidation sites excluding steroid dienone is 1. The van der Waals surface area contributed by atoms with Gasteiger partial charge in [0.1, 0.15) is 11.5 Å². The monoisotopic (exact) mass is 326 g/mol. The Hall–Kier alpha value is -2.46. The maximum atomic E-state index is 6.04. The van der Waals surface area contributed by atoms with Crippen LogP contribution in [0.1, 0.15) is 0 Å². The highest BCUT2D eigenvalue weighted by Gasteiger charge is 2.21. The highest BCUT2D eigenvalue weighted by atomic mass is 28.4. The van der Waals surface area contributed by atoms with Crippen LogP contribution >= 0.6 is 0 Å². The maximum Gasteiger partial charge on any atom is 0.333 e. The van der Waals surface area contributed by atoms with Crippen molar-refractivity contribution in [3.05, 3.63) is 85.0 Å². The molecule has 0 atom stereocenters. The molecule has 23 heavy (non-hydrogen) atoms. The summed E-state index contributed by atoms with van der Waals surface area (Å²) in [6, 6.07) is 18.9. The minimum Gasteiger partial charge on any atom is -0.540 e. The zero-order valence-electron chi connectivity index (χ0n) is 13.8. The van der Waals surface area contributed by atoms with E-state index in [1.807, 2.05) is 60.7 Å². The van der Waals surface area contributed by atoms with Crippen molar-refractivity contribution in [1.29, 1.82) is 0 Å². The number of benzene rings is 2. The highest BCUT2D eigenvalue weighted by molar-refractivity contribution is 6.70. The molecule has 0 amide bonds. The molecule has 4 heteroatoms. The molecule has 120 valence electrons. The predicted molar refractivity (Wildman–Crippen MR) is 95.8 cm³/mol. The van der Waals surface area contributed by atoms with Crippen LogP contribution in [-0.4, -0.2) is 8.32 Å². The maximum absolute atomic E-state index is 6.04. The first-order valence-electron chi connectivity index (χ1n) is 7.49. The third-order valence-corrected chi connectivity index (χ3v) is 3.54. The van der Waals surface area contributed by atoms with Gasteiger partial charge < -0.3 is 13.9 Å². The van der Waals surface area contributed by atoms with Crippen molar-refractivity contribution in [3.8, 4) is 11.5 Å². The largest absolute Gasteiger partial charge is 0.540 e. The molecular formula is C19H22O3Si. The van der Waals surface area contributed by atoms with Gasteiger partial charge in [0.05, 0.1) is 0 Å². The topological polar surface area (TPSA) is 27.7 Å². The highest BCUT2D eigenvalue weighted by Crippen LogP contribution is 2.23. The quantitative estimate of drug-likeness (QED) is 0.390. The normalized spacial score (nSPS) is 10.6. The van der Waals surface area contributed by atoms with Gasteiger partial charge in [-0.15, -0.1) is 0 Å². The van der Waals surface area contributed by atoms with E-state index in [9.17, 15) is 0 Å². The van der Waals surface area contributed by atoms with E-state index in [4.69, 9.17) is 13.9 Å². The lowest BCUT2D eigenvalue weighted by molar-refractivity contribution is 0.198. The molecule has 0 aliphatic rings. The Morgan fingerprint density at radius 3 is 1.61 bits per heavy atom. The van der Waals surface area contributed by atoms with E-state index in [-0.39, 0.29) is 0 Å². The Kier molecular flexibility index (Phi) is 5.65. The molecule has 0 aliphatic carbocycles. The van der Waals surface area contributed by atoms with E-state index in [2.05, 4.69) is 26.2 Å². The fraction of sp³-hybridized carbons (Fsp3) is 0.158. The van der Waals surface area contributed by atoms with Crippen molar-refractivity contribution in [2.45, 2.75) is 19.6 Å². The van der Waals surface area contributed by atoms with Crippen molar-refractivity contribution < 1.29 is 13.9 Å². The van der Waals surface area contributed by atoms with Gasteiger partial charge in [-0.05, 0) is 50.0 Å². The zero-order chi connectivity index (χ0) is 16.7. The number of rotatable bonds is 7. The molecule has 3 nitrogen and oxygen atoms in total. The molecule has 2 aromatic carbocycles. The lowest BCUT2D eigenvalue weighted by atomic mass is 10.3. The van der Waals surface area contributed by atoms with Crippen LogP contribution in [0.2, 0.25) is 19.6 Å². The Morgan fingerprint density at radius 1 is 0.826 bits per heavy atom. The van der Waals surface area contributed by atoms with Crippen LogP contribution in [0.15, 0.2) is 85.0 Å². The van der Waals surface area contributed by atoms with Crippen LogP contribution < -0.4 is 9.47 Å². The van der Waals surface area contributed by atoms with Crippen molar-refractivity contribution in [2.24, 2.45) is 0 Å². The van der Waals surface area contributed by atoms with Gasteiger partial charge in [-0.1, -0.05) is 43.0 Å². The molecule has 0 bridgehead atoms. The van der Waals surface area contributed by atoms with Crippen LogP contribution in [0.5, 0.6) is 11.5 Å². The summed E-state index contributed by atoms with van der Waals surface area (Å²) in [5.41, 5.74) is 0. The Morgan fingerprint density at radius 2 is 1.26 bits per heavy atom. The molecule has 0 aliphatic heterocycles. The van der Waals surface area contributed by atoms with E-state index in [0.29, 0.717) is 23.2 Å². The van der Waals surface area contributed by atoms with Gasteiger partial charge in [-0.2, -0.15) is 0 Å². The molecule has 0 saturated carbocycles. The number of hydrogen-bond acceptors (Lipinski definition) is 3. The third kappa shape index (κ3) is 5.68. The standard InChI is InChI=1S/C19H22O3Si/c1-5-18(22-23(2,3)4)19(20-16-12-8-6-9-13-16)21-17-14-10-7-11-15-17/h5-15H,1H2,2-4H3. The van der Waals surface area contributed by atoms with Gasteiger partial charge in [0.25, 0.3) is 0 Å². The molecule has 2 aromatic rings. The first kappa shape index (κ1) is 16.9. The Labute approximate surface area is 139 Å². The van der Waals surface area contributed by atoms with Crippen LogP contribution in [0.4, 0.5) is 0 Å². The summed E-state index contributed by atoms with van der Waals surface area (Å²) in [6.07, 6.45) is 1.62. The van der Waals surface area contributed by atoms with Gasteiger partial charge in [0, 0.05) is 0 Å². The summed E-state index contributed by atoms with van der Waals surface area (Å²) >= 11 is 0. The molecule has 0 spiro atoms. The summed E-state index contributed by atoms with van der Waals surface area (Å²) in [5, 5.41) is 0. The SMILES string of the molecule is C=CC(O[Si](C)(C)C)=C(Oc1ccccc1)Oc1ccccc1. The molecule has 0 aromatic heterocycles. The van der Waals surface area contributed by atoms with E-state index >= 15 is 0 Å². The summed E-state index contributed by atoms with van der Waals surface area (Å²) in [4.78, 5) is 0. The average molecular weight is 326 g/mol. The smallest absolute Gasteiger partial charge is 0.333 e. The average Bonchev–Trinajstić information content (AvgIpc) is 2.53. The summed E-state index contributed by atoms with van der Waals surface area (Å²) in [6.45, 7) is 10.1. The fourth-order valence-electron chi connectivity index (χ4n) is 1.81. The van der Waals surface area contributed by atoms with Gasteiger partial charge in [-0.25, -0.2) is 0 Å². The van der Waals surface area contributed by atoms with E-state index in [0.717, 1.165) is 0 Å². The fourth-order valence-corrected chi connectivity index (χ4v) is 2.64. The van der Waals surface area contributed by atoms with Crippen molar-refractivity contribution >= 4 is 8.32 Å². The molecule has 0 N–H and O–H groups in total. The van der Waals surface area contributed by atoms with Gasteiger partial charge in [-0.3, -0.25) is 0 Å². The molecular weight excluding hydrogens is 304 g/mol. The van der Waals surface area contributed by atoms with E-state index in [1.165, 1.54) is 0 Å². The van der Waals surface area contributed by atoms with Crippen molar-refractivity contribution in [1.82, 2.24) is 0 Å². The third-order valence-electron chi connectivity index (χ3n) is 2.71.